The summed E-state index contributed by atoms with van der Waals surface area (Å²) < 4.78 is 0. The molecule has 2 aromatic rings. The number of rotatable bonds is 6. The number of nitrogens with one attached hydrogen (secondary N) is 1. The molecule has 6 nitrogen and oxygen atoms in total. The summed E-state index contributed by atoms with van der Waals surface area (Å²) in [6.07, 6.45) is 4.61. The van der Waals surface area contributed by atoms with Crippen molar-refractivity contribution in [2.24, 2.45) is 5.92 Å². The average molecular weight is 331 g/mol. The fraction of sp³-hybridized carbons (Fsp3) is 0.438. The number of thiazole rings is 1. The summed E-state index contributed by atoms with van der Waals surface area (Å²) in [7, 11) is 1.79. The first-order valence-electron chi connectivity index (χ1n) is 7.75. The van der Waals surface area contributed by atoms with Crippen molar-refractivity contribution in [1.29, 1.82) is 0 Å². The van der Waals surface area contributed by atoms with Gasteiger partial charge in [-0.3, -0.25) is 14.6 Å². The molecule has 0 aliphatic carbocycles. The largest absolute Gasteiger partial charge is 0.370 e. The number of anilines is 2. The van der Waals surface area contributed by atoms with Gasteiger partial charge in [-0.15, -0.1) is 11.3 Å². The summed E-state index contributed by atoms with van der Waals surface area (Å²) in [4.78, 5) is 24.6. The molecule has 1 atom stereocenters. The molecule has 1 saturated heterocycles. The van der Waals surface area contributed by atoms with Crippen LogP contribution in [0.2, 0.25) is 0 Å². The number of hydrogen-bond donors (Lipinski definition) is 1. The van der Waals surface area contributed by atoms with Gasteiger partial charge in [0.25, 0.3) is 0 Å². The van der Waals surface area contributed by atoms with E-state index in [1.807, 2.05) is 23.6 Å². The second kappa shape index (κ2) is 7.52. The number of likely N-dealkylation sites (tertiary alicyclic amines) is 1. The lowest BCUT2D eigenvalue weighted by molar-refractivity contribution is -0.119. The first-order chi connectivity index (χ1) is 11.2. The van der Waals surface area contributed by atoms with Gasteiger partial charge in [0.05, 0.1) is 6.54 Å². The van der Waals surface area contributed by atoms with Crippen LogP contribution in [-0.2, 0) is 4.79 Å². The van der Waals surface area contributed by atoms with Crippen molar-refractivity contribution in [2.75, 3.05) is 43.4 Å². The van der Waals surface area contributed by atoms with Crippen LogP contribution in [0.1, 0.15) is 6.42 Å². The molecule has 1 aliphatic heterocycles. The monoisotopic (exact) mass is 331 g/mol. The molecule has 0 aromatic carbocycles. The van der Waals surface area contributed by atoms with E-state index in [2.05, 4.69) is 20.2 Å². The molecule has 2 aromatic heterocycles. The third kappa shape index (κ3) is 4.27. The minimum atomic E-state index is 0.0956. The SMILES string of the molecule is CN(C(=O)CN1CC[C@H](CNc2ccccn2)C1)c1nccs1. The number of pyridine rings is 1. The summed E-state index contributed by atoms with van der Waals surface area (Å²) in [5, 5.41) is 6.00. The highest BCUT2D eigenvalue weighted by Gasteiger charge is 2.25. The average Bonchev–Trinajstić information content (AvgIpc) is 3.25. The molecular weight excluding hydrogens is 310 g/mol. The van der Waals surface area contributed by atoms with Crippen molar-refractivity contribution in [3.8, 4) is 0 Å². The molecular formula is C16H21N5OS. The van der Waals surface area contributed by atoms with Gasteiger partial charge in [-0.2, -0.15) is 0 Å². The highest BCUT2D eigenvalue weighted by Crippen LogP contribution is 2.19. The summed E-state index contributed by atoms with van der Waals surface area (Å²) in [5.74, 6) is 1.55. The van der Waals surface area contributed by atoms with E-state index >= 15 is 0 Å². The first kappa shape index (κ1) is 15.9. The first-order valence-corrected chi connectivity index (χ1v) is 8.63. The number of aromatic nitrogens is 2. The fourth-order valence-corrected chi connectivity index (χ4v) is 3.35. The van der Waals surface area contributed by atoms with Crippen LogP contribution in [0.5, 0.6) is 0 Å². The zero-order chi connectivity index (χ0) is 16.1. The standard InChI is InChI=1S/C16H21N5OS/c1-20(16-18-7-9-23-16)15(22)12-21-8-5-13(11-21)10-19-14-4-2-3-6-17-14/h2-4,6-7,9,13H,5,8,10-12H2,1H3,(H,17,19)/t13-/m1/s1. The Labute approximate surface area is 140 Å². The Balaban J connectivity index is 1.43. The topological polar surface area (TPSA) is 61.4 Å². The Kier molecular flexibility index (Phi) is 5.19. The van der Waals surface area contributed by atoms with E-state index < -0.39 is 0 Å². The second-order valence-electron chi connectivity index (χ2n) is 5.75. The highest BCUT2D eigenvalue weighted by molar-refractivity contribution is 7.13. The molecule has 0 bridgehead atoms. The zero-order valence-electron chi connectivity index (χ0n) is 13.2. The maximum absolute atomic E-state index is 12.3. The molecule has 1 aliphatic rings. The molecule has 0 spiro atoms. The third-order valence-corrected chi connectivity index (χ3v) is 4.89. The highest BCUT2D eigenvalue weighted by atomic mass is 32.1. The molecule has 1 fully saturated rings. The van der Waals surface area contributed by atoms with E-state index in [-0.39, 0.29) is 5.91 Å². The predicted octanol–water partition coefficient (Wildman–Crippen LogP) is 1.93. The summed E-state index contributed by atoms with van der Waals surface area (Å²) in [6, 6.07) is 5.86. The summed E-state index contributed by atoms with van der Waals surface area (Å²) >= 11 is 1.48. The quantitative estimate of drug-likeness (QED) is 0.876. The molecule has 3 heterocycles. The van der Waals surface area contributed by atoms with Crippen molar-refractivity contribution in [3.63, 3.8) is 0 Å². The summed E-state index contributed by atoms with van der Waals surface area (Å²) in [6.45, 7) is 3.25. The Morgan fingerprint density at radius 1 is 1.43 bits per heavy atom. The van der Waals surface area contributed by atoms with Crippen LogP contribution in [0.4, 0.5) is 10.9 Å². The molecule has 0 radical (unpaired) electrons. The van der Waals surface area contributed by atoms with Crippen LogP contribution in [0.15, 0.2) is 36.0 Å². The normalized spacial score (nSPS) is 18.0. The third-order valence-electron chi connectivity index (χ3n) is 4.05. The summed E-state index contributed by atoms with van der Waals surface area (Å²) in [5.41, 5.74) is 0. The zero-order valence-corrected chi connectivity index (χ0v) is 14.0. The molecule has 0 unspecified atom stereocenters. The molecule has 23 heavy (non-hydrogen) atoms. The van der Waals surface area contributed by atoms with Gasteiger partial charge in [0.1, 0.15) is 5.82 Å². The number of carbonyl (C=O) groups excluding carboxylic acids is 1. The molecule has 1 amide bonds. The van der Waals surface area contributed by atoms with Crippen LogP contribution < -0.4 is 10.2 Å². The van der Waals surface area contributed by atoms with Gasteiger partial charge in [-0.05, 0) is 31.0 Å². The van der Waals surface area contributed by atoms with Gasteiger partial charge in [-0.25, -0.2) is 9.97 Å². The Hall–Kier alpha value is -1.99. The van der Waals surface area contributed by atoms with Crippen LogP contribution >= 0.6 is 11.3 Å². The van der Waals surface area contributed by atoms with Gasteiger partial charge < -0.3 is 5.32 Å². The van der Waals surface area contributed by atoms with E-state index in [1.165, 1.54) is 11.3 Å². The predicted molar refractivity (Wildman–Crippen MR) is 92.8 cm³/mol. The number of hydrogen-bond acceptors (Lipinski definition) is 6. The number of amides is 1. The van der Waals surface area contributed by atoms with Gasteiger partial charge in [0.2, 0.25) is 5.91 Å². The Morgan fingerprint density at radius 3 is 3.09 bits per heavy atom. The van der Waals surface area contributed by atoms with Crippen LogP contribution in [0, 0.1) is 5.92 Å². The smallest absolute Gasteiger partial charge is 0.242 e. The lowest BCUT2D eigenvalue weighted by atomic mass is 10.1. The minimum Gasteiger partial charge on any atom is -0.370 e. The van der Waals surface area contributed by atoms with Crippen molar-refractivity contribution in [3.05, 3.63) is 36.0 Å². The van der Waals surface area contributed by atoms with Crippen molar-refractivity contribution in [2.45, 2.75) is 6.42 Å². The van der Waals surface area contributed by atoms with Crippen LogP contribution in [0.3, 0.4) is 0 Å². The number of carbonyl (C=O) groups is 1. The van der Waals surface area contributed by atoms with Gasteiger partial charge in [-0.1, -0.05) is 6.07 Å². The molecule has 3 rings (SSSR count). The maximum Gasteiger partial charge on any atom is 0.242 e. The van der Waals surface area contributed by atoms with E-state index in [9.17, 15) is 4.79 Å². The van der Waals surface area contributed by atoms with E-state index in [0.717, 1.165) is 37.0 Å². The van der Waals surface area contributed by atoms with E-state index in [1.54, 1.807) is 24.3 Å². The number of nitrogens with zero attached hydrogens (tertiary/aromatic N) is 4. The molecule has 122 valence electrons. The Bertz CT molecular complexity index is 619. The van der Waals surface area contributed by atoms with Crippen LogP contribution in [-0.4, -0.2) is 54.0 Å². The molecule has 7 heteroatoms. The van der Waals surface area contributed by atoms with Gasteiger partial charge in [0, 0.05) is 37.9 Å². The number of likely N-dealkylation sites (N-methyl/N-ethyl adjacent to an activating group) is 1. The lowest BCUT2D eigenvalue weighted by Gasteiger charge is -2.20. The molecule has 0 saturated carbocycles. The minimum absolute atomic E-state index is 0.0956. The lowest BCUT2D eigenvalue weighted by Crippen LogP contribution is -2.37. The van der Waals surface area contributed by atoms with Gasteiger partial charge in [0.15, 0.2) is 5.13 Å². The van der Waals surface area contributed by atoms with Gasteiger partial charge >= 0.3 is 0 Å². The van der Waals surface area contributed by atoms with Crippen molar-refractivity contribution < 1.29 is 4.79 Å². The van der Waals surface area contributed by atoms with E-state index in [4.69, 9.17) is 0 Å². The van der Waals surface area contributed by atoms with Crippen molar-refractivity contribution >= 4 is 28.2 Å². The van der Waals surface area contributed by atoms with Crippen LogP contribution in [0.25, 0.3) is 0 Å². The fourth-order valence-electron chi connectivity index (χ4n) is 2.72. The maximum atomic E-state index is 12.3. The van der Waals surface area contributed by atoms with E-state index in [0.29, 0.717) is 12.5 Å². The second-order valence-corrected chi connectivity index (χ2v) is 6.63. The molecule has 1 N–H and O–H groups in total. The van der Waals surface area contributed by atoms with Crippen molar-refractivity contribution in [1.82, 2.24) is 14.9 Å². The Morgan fingerprint density at radius 2 is 2.35 bits per heavy atom.